The molecule has 4 saturated carbocycles. The highest BCUT2D eigenvalue weighted by molar-refractivity contribution is 5.23. The molecule has 0 saturated heterocycles. The van der Waals surface area contributed by atoms with E-state index in [-0.39, 0.29) is 17.3 Å². The van der Waals surface area contributed by atoms with E-state index in [1.807, 2.05) is 0 Å². The summed E-state index contributed by atoms with van der Waals surface area (Å²) >= 11 is 0. The topological polar surface area (TPSA) is 35.2 Å². The first-order valence-corrected chi connectivity index (χ1v) is 8.27. The molecule has 4 bridgehead atoms. The molecule has 1 atom stereocenters. The van der Waals surface area contributed by atoms with E-state index in [4.69, 9.17) is 10.5 Å². The third-order valence-electron chi connectivity index (χ3n) is 6.13. The Bertz CT molecular complexity index is 494. The zero-order valence-corrected chi connectivity index (χ0v) is 12.4. The molecule has 0 aromatic heterocycles. The molecule has 4 aliphatic carbocycles. The summed E-state index contributed by atoms with van der Waals surface area (Å²) in [5.74, 6) is 2.69. The maximum Gasteiger partial charge on any atom is 0.165 e. The van der Waals surface area contributed by atoms with Crippen LogP contribution in [0.4, 0.5) is 4.39 Å². The van der Waals surface area contributed by atoms with Gasteiger partial charge in [-0.15, -0.1) is 0 Å². The third kappa shape index (κ3) is 2.36. The molecule has 1 aromatic carbocycles. The molecule has 0 aliphatic heterocycles. The number of hydrogen-bond acceptors (Lipinski definition) is 2. The lowest BCUT2D eigenvalue weighted by Gasteiger charge is -2.58. The van der Waals surface area contributed by atoms with Crippen molar-refractivity contribution in [1.82, 2.24) is 0 Å². The number of ether oxygens (including phenoxy) is 1. The average Bonchev–Trinajstić information content (AvgIpc) is 2.44. The van der Waals surface area contributed by atoms with Crippen molar-refractivity contribution in [3.05, 3.63) is 30.1 Å². The van der Waals surface area contributed by atoms with Gasteiger partial charge in [0, 0.05) is 6.04 Å². The van der Waals surface area contributed by atoms with Gasteiger partial charge in [-0.2, -0.15) is 0 Å². The van der Waals surface area contributed by atoms with Crippen molar-refractivity contribution >= 4 is 0 Å². The Kier molecular flexibility index (Phi) is 3.21. The van der Waals surface area contributed by atoms with Gasteiger partial charge in [-0.1, -0.05) is 12.1 Å². The van der Waals surface area contributed by atoms with Gasteiger partial charge in [0.2, 0.25) is 0 Å². The normalized spacial score (nSPS) is 38.5. The van der Waals surface area contributed by atoms with Crippen LogP contribution in [0.1, 0.15) is 38.5 Å². The Morgan fingerprint density at radius 3 is 2.24 bits per heavy atom. The molecule has 2 N–H and O–H groups in total. The minimum Gasteiger partial charge on any atom is -0.489 e. The maximum atomic E-state index is 13.6. The number of nitrogens with two attached hydrogens (primary N) is 1. The van der Waals surface area contributed by atoms with Crippen LogP contribution in [0.2, 0.25) is 0 Å². The Morgan fingerprint density at radius 1 is 1.10 bits per heavy atom. The lowest BCUT2D eigenvalue weighted by Crippen LogP contribution is -2.56. The molecule has 4 fully saturated rings. The van der Waals surface area contributed by atoms with E-state index < -0.39 is 0 Å². The fraction of sp³-hybridized carbons (Fsp3) is 0.667. The van der Waals surface area contributed by atoms with Crippen LogP contribution >= 0.6 is 0 Å². The van der Waals surface area contributed by atoms with Crippen molar-refractivity contribution in [3.8, 4) is 5.75 Å². The summed E-state index contributed by atoms with van der Waals surface area (Å²) < 4.78 is 19.3. The highest BCUT2D eigenvalue weighted by Gasteiger charge is 2.53. The quantitative estimate of drug-likeness (QED) is 0.916. The summed E-state index contributed by atoms with van der Waals surface area (Å²) in [7, 11) is 0. The van der Waals surface area contributed by atoms with Gasteiger partial charge < -0.3 is 10.5 Å². The van der Waals surface area contributed by atoms with E-state index in [0.717, 1.165) is 17.8 Å². The van der Waals surface area contributed by atoms with Gasteiger partial charge in [0.15, 0.2) is 11.6 Å². The van der Waals surface area contributed by atoms with E-state index in [9.17, 15) is 4.39 Å². The second kappa shape index (κ2) is 4.98. The first kappa shape index (κ1) is 13.6. The Morgan fingerprint density at radius 2 is 1.67 bits per heavy atom. The summed E-state index contributed by atoms with van der Waals surface area (Å²) in [6.45, 7) is 0.438. The monoisotopic (exact) mass is 289 g/mol. The summed E-state index contributed by atoms with van der Waals surface area (Å²) in [5.41, 5.74) is 6.79. The van der Waals surface area contributed by atoms with Gasteiger partial charge in [0.05, 0.1) is 0 Å². The third-order valence-corrected chi connectivity index (χ3v) is 6.13. The van der Waals surface area contributed by atoms with Crippen molar-refractivity contribution in [1.29, 1.82) is 0 Å². The molecule has 0 spiro atoms. The second-order valence-corrected chi connectivity index (χ2v) is 7.63. The van der Waals surface area contributed by atoms with E-state index in [1.165, 1.54) is 44.6 Å². The van der Waals surface area contributed by atoms with Crippen molar-refractivity contribution in [3.63, 3.8) is 0 Å². The van der Waals surface area contributed by atoms with Crippen LogP contribution in [-0.2, 0) is 0 Å². The molecular formula is C18H24FNO. The molecule has 3 heteroatoms. The van der Waals surface area contributed by atoms with Crippen molar-refractivity contribution in [2.75, 3.05) is 6.61 Å². The highest BCUT2D eigenvalue weighted by atomic mass is 19.1. The molecule has 114 valence electrons. The molecule has 4 aliphatic rings. The zero-order chi connectivity index (χ0) is 14.4. The Hall–Kier alpha value is -1.09. The Labute approximate surface area is 125 Å². The average molecular weight is 289 g/mol. The fourth-order valence-electron chi connectivity index (χ4n) is 5.55. The first-order valence-electron chi connectivity index (χ1n) is 8.27. The molecule has 0 heterocycles. The van der Waals surface area contributed by atoms with Crippen LogP contribution in [0, 0.1) is 29.0 Å². The van der Waals surface area contributed by atoms with Crippen LogP contribution in [0.25, 0.3) is 0 Å². The summed E-state index contributed by atoms with van der Waals surface area (Å²) in [6, 6.07) is 6.63. The van der Waals surface area contributed by atoms with E-state index in [1.54, 1.807) is 18.2 Å². The Balaban J connectivity index is 1.45. The summed E-state index contributed by atoms with van der Waals surface area (Å²) in [5, 5.41) is 0. The molecule has 1 unspecified atom stereocenters. The maximum absolute atomic E-state index is 13.6. The molecule has 0 amide bonds. The van der Waals surface area contributed by atoms with E-state index in [2.05, 4.69) is 0 Å². The van der Waals surface area contributed by atoms with E-state index in [0.29, 0.717) is 12.4 Å². The predicted octanol–water partition coefficient (Wildman–Crippen LogP) is 3.75. The lowest BCUT2D eigenvalue weighted by molar-refractivity contribution is -0.0732. The zero-order valence-electron chi connectivity index (χ0n) is 12.4. The van der Waals surface area contributed by atoms with Gasteiger partial charge in [0.25, 0.3) is 0 Å². The predicted molar refractivity (Wildman–Crippen MR) is 80.5 cm³/mol. The molecule has 2 nitrogen and oxygen atoms in total. The molecule has 21 heavy (non-hydrogen) atoms. The minimum absolute atomic E-state index is 0.0329. The summed E-state index contributed by atoms with van der Waals surface area (Å²) in [6.07, 6.45) is 8.04. The largest absolute Gasteiger partial charge is 0.489 e. The first-order chi connectivity index (χ1) is 10.1. The van der Waals surface area contributed by atoms with Gasteiger partial charge in [-0.3, -0.25) is 0 Å². The molecule has 1 aromatic rings. The number of benzene rings is 1. The fourth-order valence-corrected chi connectivity index (χ4v) is 5.55. The van der Waals surface area contributed by atoms with Gasteiger partial charge in [-0.25, -0.2) is 4.39 Å². The SMILES string of the molecule is NC(COc1ccccc1F)C12CC3CC(CC(C3)C1)C2. The van der Waals surface area contributed by atoms with Crippen LogP contribution in [0.3, 0.4) is 0 Å². The number of halogens is 1. The smallest absolute Gasteiger partial charge is 0.165 e. The van der Waals surface area contributed by atoms with Crippen LogP contribution < -0.4 is 10.5 Å². The van der Waals surface area contributed by atoms with E-state index >= 15 is 0 Å². The van der Waals surface area contributed by atoms with Gasteiger partial charge >= 0.3 is 0 Å². The highest BCUT2D eigenvalue weighted by Crippen LogP contribution is 2.60. The molecule has 0 radical (unpaired) electrons. The van der Waals surface area contributed by atoms with Gasteiger partial charge in [-0.05, 0) is 73.8 Å². The molecular weight excluding hydrogens is 265 g/mol. The lowest BCUT2D eigenvalue weighted by atomic mass is 9.48. The van der Waals surface area contributed by atoms with Crippen LogP contribution in [0.5, 0.6) is 5.75 Å². The van der Waals surface area contributed by atoms with Crippen molar-refractivity contribution < 1.29 is 9.13 Å². The molecule has 5 rings (SSSR count). The number of hydrogen-bond donors (Lipinski definition) is 1. The summed E-state index contributed by atoms with van der Waals surface area (Å²) in [4.78, 5) is 0. The minimum atomic E-state index is -0.296. The van der Waals surface area contributed by atoms with Crippen LogP contribution in [-0.4, -0.2) is 12.6 Å². The van der Waals surface area contributed by atoms with Crippen molar-refractivity contribution in [2.45, 2.75) is 44.6 Å². The second-order valence-electron chi connectivity index (χ2n) is 7.63. The standard InChI is InChI=1S/C18H24FNO/c19-15-3-1-2-4-16(15)21-11-17(20)18-8-12-5-13(9-18)7-14(6-12)10-18/h1-4,12-14,17H,5-11,20H2. The van der Waals surface area contributed by atoms with Crippen LogP contribution in [0.15, 0.2) is 24.3 Å². The van der Waals surface area contributed by atoms with Crippen molar-refractivity contribution in [2.24, 2.45) is 28.9 Å². The van der Waals surface area contributed by atoms with Gasteiger partial charge in [0.1, 0.15) is 6.61 Å². The number of rotatable bonds is 4. The number of para-hydroxylation sites is 1.